The summed E-state index contributed by atoms with van der Waals surface area (Å²) < 4.78 is 0. The zero-order valence-electron chi connectivity index (χ0n) is 4.15. The summed E-state index contributed by atoms with van der Waals surface area (Å²) in [7, 11) is 0. The second-order valence-corrected chi connectivity index (χ2v) is 1.24. The fraction of sp³-hybridized carbons (Fsp3) is 1.00. The molecule has 1 nitrogen and oxygen atoms in total. The standard InChI is InChI=1S/C3H9N.K/c1-3(2)4;/h3H,4H2,1-2H3;/q;+1. The van der Waals surface area contributed by atoms with Crippen molar-refractivity contribution in [3.05, 3.63) is 0 Å². The van der Waals surface area contributed by atoms with Crippen LogP contribution in [0.4, 0.5) is 0 Å². The van der Waals surface area contributed by atoms with Crippen molar-refractivity contribution >= 4 is 0 Å². The summed E-state index contributed by atoms with van der Waals surface area (Å²) in [6.07, 6.45) is 0. The van der Waals surface area contributed by atoms with Gasteiger partial charge in [0.15, 0.2) is 0 Å². The van der Waals surface area contributed by atoms with Crippen molar-refractivity contribution in [3.8, 4) is 0 Å². The van der Waals surface area contributed by atoms with Crippen LogP contribution in [0.5, 0.6) is 0 Å². The quantitative estimate of drug-likeness (QED) is 0.329. The van der Waals surface area contributed by atoms with E-state index >= 15 is 0 Å². The smallest absolute Gasteiger partial charge is 0.328 e. The molecule has 26 valence electrons. The van der Waals surface area contributed by atoms with Crippen LogP contribution in [0.25, 0.3) is 0 Å². The second-order valence-electron chi connectivity index (χ2n) is 1.24. The van der Waals surface area contributed by atoms with Gasteiger partial charge in [0.05, 0.1) is 0 Å². The topological polar surface area (TPSA) is 26.0 Å². The van der Waals surface area contributed by atoms with Gasteiger partial charge in [-0.2, -0.15) is 0 Å². The van der Waals surface area contributed by atoms with Crippen molar-refractivity contribution in [2.75, 3.05) is 0 Å². The molecule has 0 aromatic carbocycles. The van der Waals surface area contributed by atoms with Crippen molar-refractivity contribution in [1.82, 2.24) is 0 Å². The maximum atomic E-state index is 5.11. The van der Waals surface area contributed by atoms with Crippen LogP contribution in [-0.4, -0.2) is 6.04 Å². The van der Waals surface area contributed by atoms with Gasteiger partial charge in [-0.05, 0) is 6.04 Å². The van der Waals surface area contributed by atoms with E-state index in [2.05, 4.69) is 0 Å². The van der Waals surface area contributed by atoms with E-state index in [0.717, 1.165) is 0 Å². The first kappa shape index (κ1) is 9.78. The molecule has 0 radical (unpaired) electrons. The Balaban J connectivity index is 0. The molecular formula is C3H9KN+. The number of hydrogen-bond acceptors (Lipinski definition) is 1. The molecule has 0 aliphatic heterocycles. The van der Waals surface area contributed by atoms with E-state index in [0.29, 0.717) is 6.04 Å². The Morgan fingerprint density at radius 2 is 1.40 bits per heavy atom. The van der Waals surface area contributed by atoms with Crippen molar-refractivity contribution in [2.24, 2.45) is 5.73 Å². The van der Waals surface area contributed by atoms with Crippen molar-refractivity contribution in [3.63, 3.8) is 0 Å². The van der Waals surface area contributed by atoms with E-state index in [9.17, 15) is 0 Å². The summed E-state index contributed by atoms with van der Waals surface area (Å²) in [6.45, 7) is 3.89. The van der Waals surface area contributed by atoms with Gasteiger partial charge in [0.2, 0.25) is 0 Å². The van der Waals surface area contributed by atoms with Gasteiger partial charge in [0.25, 0.3) is 0 Å². The molecule has 0 saturated heterocycles. The minimum absolute atomic E-state index is 0. The molecule has 0 spiro atoms. The van der Waals surface area contributed by atoms with Crippen LogP contribution in [0, 0.1) is 0 Å². The van der Waals surface area contributed by atoms with Crippen molar-refractivity contribution < 1.29 is 51.4 Å². The van der Waals surface area contributed by atoms with E-state index in [4.69, 9.17) is 5.73 Å². The average molecular weight is 98.2 g/mol. The third-order valence-corrected chi connectivity index (χ3v) is 0. The van der Waals surface area contributed by atoms with Crippen LogP contribution in [0.15, 0.2) is 0 Å². The third-order valence-electron chi connectivity index (χ3n) is 0. The Hall–Kier alpha value is 1.60. The first-order chi connectivity index (χ1) is 1.73. The summed E-state index contributed by atoms with van der Waals surface area (Å²) >= 11 is 0. The second kappa shape index (κ2) is 5.60. The van der Waals surface area contributed by atoms with Crippen LogP contribution < -0.4 is 57.1 Å². The molecule has 0 bridgehead atoms. The Bertz CT molecular complexity index is 11.6. The van der Waals surface area contributed by atoms with E-state index in [-0.39, 0.29) is 51.4 Å². The minimum Gasteiger partial charge on any atom is -0.328 e. The molecule has 0 rings (SSSR count). The SMILES string of the molecule is CC(C)N.[K+]. The Labute approximate surface area is 75.7 Å². The largest absolute Gasteiger partial charge is 1.00 e. The fourth-order valence-corrected chi connectivity index (χ4v) is 0. The molecule has 0 atom stereocenters. The minimum atomic E-state index is 0. The summed E-state index contributed by atoms with van der Waals surface area (Å²) in [4.78, 5) is 0. The van der Waals surface area contributed by atoms with E-state index in [1.807, 2.05) is 13.8 Å². The van der Waals surface area contributed by atoms with Gasteiger partial charge < -0.3 is 5.73 Å². The monoisotopic (exact) mass is 98.0 g/mol. The number of hydrogen-bond donors (Lipinski definition) is 1. The van der Waals surface area contributed by atoms with E-state index < -0.39 is 0 Å². The maximum Gasteiger partial charge on any atom is 1.00 e. The van der Waals surface area contributed by atoms with Crippen LogP contribution in [0.2, 0.25) is 0 Å². The molecule has 0 aromatic rings. The Kier molecular flexibility index (Phi) is 10.9. The molecule has 0 aromatic heterocycles. The Morgan fingerprint density at radius 1 is 1.40 bits per heavy atom. The summed E-state index contributed by atoms with van der Waals surface area (Å²) in [5, 5.41) is 0. The van der Waals surface area contributed by atoms with Gasteiger partial charge in [0.1, 0.15) is 0 Å². The molecule has 0 saturated carbocycles. The van der Waals surface area contributed by atoms with Crippen molar-refractivity contribution in [1.29, 1.82) is 0 Å². The molecule has 2 heteroatoms. The van der Waals surface area contributed by atoms with Crippen LogP contribution in [-0.2, 0) is 0 Å². The normalized spacial score (nSPS) is 7.20. The molecule has 0 amide bonds. The average Bonchev–Trinajstić information content (AvgIpc) is 0.811. The van der Waals surface area contributed by atoms with Gasteiger partial charge in [0, 0.05) is 0 Å². The van der Waals surface area contributed by atoms with E-state index in [1.54, 1.807) is 0 Å². The molecule has 0 aliphatic rings. The fourth-order valence-electron chi connectivity index (χ4n) is 0. The molecule has 0 unspecified atom stereocenters. The molecule has 0 aliphatic carbocycles. The number of rotatable bonds is 0. The van der Waals surface area contributed by atoms with Gasteiger partial charge in [-0.3, -0.25) is 0 Å². The van der Waals surface area contributed by atoms with Gasteiger partial charge in [-0.25, -0.2) is 0 Å². The summed E-state index contributed by atoms with van der Waals surface area (Å²) in [5.41, 5.74) is 5.11. The zero-order valence-corrected chi connectivity index (χ0v) is 7.28. The summed E-state index contributed by atoms with van der Waals surface area (Å²) in [5.74, 6) is 0. The summed E-state index contributed by atoms with van der Waals surface area (Å²) in [6, 6.07) is 0.333. The molecule has 5 heavy (non-hydrogen) atoms. The molecule has 0 heterocycles. The molecule has 2 N–H and O–H groups in total. The van der Waals surface area contributed by atoms with Gasteiger partial charge in [-0.15, -0.1) is 0 Å². The number of nitrogens with two attached hydrogens (primary N) is 1. The van der Waals surface area contributed by atoms with Gasteiger partial charge >= 0.3 is 51.4 Å². The first-order valence-electron chi connectivity index (χ1n) is 1.49. The predicted molar refractivity (Wildman–Crippen MR) is 19.3 cm³/mol. The maximum absolute atomic E-state index is 5.11. The van der Waals surface area contributed by atoms with Crippen LogP contribution >= 0.6 is 0 Å². The Morgan fingerprint density at radius 3 is 1.40 bits per heavy atom. The van der Waals surface area contributed by atoms with Crippen LogP contribution in [0.3, 0.4) is 0 Å². The molecular weight excluding hydrogens is 89.1 g/mol. The van der Waals surface area contributed by atoms with Crippen molar-refractivity contribution in [2.45, 2.75) is 19.9 Å². The van der Waals surface area contributed by atoms with Gasteiger partial charge in [-0.1, -0.05) is 13.8 Å². The molecule has 0 fully saturated rings. The first-order valence-corrected chi connectivity index (χ1v) is 1.49. The van der Waals surface area contributed by atoms with E-state index in [1.165, 1.54) is 0 Å². The predicted octanol–water partition coefficient (Wildman–Crippen LogP) is -2.64. The third kappa shape index (κ3) is 28.4. The van der Waals surface area contributed by atoms with Crippen LogP contribution in [0.1, 0.15) is 13.8 Å². The zero-order chi connectivity index (χ0) is 3.58.